The fraction of sp³-hybridized carbons (Fsp3) is 0.458. The lowest BCUT2D eigenvalue weighted by molar-refractivity contribution is -0.115. The van der Waals surface area contributed by atoms with Crippen LogP contribution >= 0.6 is 0 Å². The van der Waals surface area contributed by atoms with Gasteiger partial charge in [0.15, 0.2) is 0 Å². The number of amides is 1. The molecule has 2 aliphatic heterocycles. The van der Waals surface area contributed by atoms with Crippen LogP contribution < -0.4 is 10.1 Å². The number of para-hydroxylation sites is 1. The van der Waals surface area contributed by atoms with Crippen molar-refractivity contribution in [2.75, 3.05) is 25.0 Å². The molecular formula is C24H30N2O4. The number of piperidine rings is 1. The number of fused-ring (bicyclic) bond motifs is 1. The maximum atomic E-state index is 11.5. The fourth-order valence-electron chi connectivity index (χ4n) is 4.42. The van der Waals surface area contributed by atoms with Gasteiger partial charge in [0.25, 0.3) is 0 Å². The zero-order valence-electron chi connectivity index (χ0n) is 17.4. The van der Waals surface area contributed by atoms with E-state index >= 15 is 0 Å². The van der Waals surface area contributed by atoms with Crippen molar-refractivity contribution in [3.8, 4) is 5.75 Å². The largest absolute Gasteiger partial charge is 0.487 e. The Labute approximate surface area is 177 Å². The topological polar surface area (TPSA) is 82.0 Å². The average molecular weight is 411 g/mol. The van der Waals surface area contributed by atoms with Crippen LogP contribution in [0.15, 0.2) is 48.5 Å². The highest BCUT2D eigenvalue weighted by atomic mass is 16.5. The van der Waals surface area contributed by atoms with Gasteiger partial charge in [-0.2, -0.15) is 0 Å². The Morgan fingerprint density at radius 2 is 1.90 bits per heavy atom. The minimum absolute atomic E-state index is 0.0248. The summed E-state index contributed by atoms with van der Waals surface area (Å²) < 4.78 is 6.34. The van der Waals surface area contributed by atoms with Crippen molar-refractivity contribution in [3.63, 3.8) is 0 Å². The monoisotopic (exact) mass is 410 g/mol. The number of carbonyl (C=O) groups excluding carboxylic acids is 1. The van der Waals surface area contributed by atoms with E-state index in [0.717, 1.165) is 48.5 Å². The number of likely N-dealkylation sites (tertiary alicyclic amines) is 1. The Morgan fingerprint density at radius 3 is 2.60 bits per heavy atom. The second kappa shape index (κ2) is 8.76. The molecule has 4 rings (SSSR count). The zero-order chi connectivity index (χ0) is 21.1. The number of anilines is 1. The molecule has 160 valence electrons. The van der Waals surface area contributed by atoms with Crippen LogP contribution in [0.5, 0.6) is 5.75 Å². The van der Waals surface area contributed by atoms with Gasteiger partial charge >= 0.3 is 0 Å². The van der Waals surface area contributed by atoms with E-state index in [1.54, 1.807) is 0 Å². The number of carbonyl (C=O) groups is 1. The van der Waals surface area contributed by atoms with Crippen LogP contribution in [0, 0.1) is 0 Å². The Hall–Kier alpha value is -2.41. The van der Waals surface area contributed by atoms with E-state index in [2.05, 4.69) is 10.2 Å². The Kier molecular flexibility index (Phi) is 6.09. The highest BCUT2D eigenvalue weighted by Gasteiger charge is 2.42. The molecule has 2 heterocycles. The summed E-state index contributed by atoms with van der Waals surface area (Å²) in [6, 6.07) is 15.1. The summed E-state index contributed by atoms with van der Waals surface area (Å²) in [7, 11) is 0. The quantitative estimate of drug-likeness (QED) is 0.704. The fourth-order valence-corrected chi connectivity index (χ4v) is 4.42. The molecule has 0 radical (unpaired) electrons. The first-order chi connectivity index (χ1) is 14.5. The first-order valence-corrected chi connectivity index (χ1v) is 10.7. The number of nitrogens with zero attached hydrogens (tertiary/aromatic N) is 1. The Balaban J connectivity index is 1.32. The highest BCUT2D eigenvalue weighted by molar-refractivity contribution is 5.90. The van der Waals surface area contributed by atoms with Crippen LogP contribution in [0.3, 0.4) is 0 Å². The summed E-state index contributed by atoms with van der Waals surface area (Å²) in [5.41, 5.74) is 2.13. The third-order valence-corrected chi connectivity index (χ3v) is 6.27. The molecule has 0 aliphatic carbocycles. The van der Waals surface area contributed by atoms with Crippen LogP contribution in [0.25, 0.3) is 0 Å². The number of aliphatic hydroxyl groups excluding tert-OH is 2. The van der Waals surface area contributed by atoms with Gasteiger partial charge in [-0.3, -0.25) is 4.79 Å². The molecule has 6 nitrogen and oxygen atoms in total. The summed E-state index contributed by atoms with van der Waals surface area (Å²) in [6.45, 7) is 4.00. The van der Waals surface area contributed by atoms with Gasteiger partial charge in [-0.05, 0) is 36.6 Å². The summed E-state index contributed by atoms with van der Waals surface area (Å²) in [5, 5.41) is 24.1. The van der Waals surface area contributed by atoms with Crippen molar-refractivity contribution in [2.24, 2.45) is 0 Å². The normalized spacial score (nSPS) is 21.5. The molecule has 0 aromatic heterocycles. The van der Waals surface area contributed by atoms with E-state index in [1.807, 2.05) is 55.5 Å². The predicted molar refractivity (Wildman–Crippen MR) is 115 cm³/mol. The standard InChI is InChI=1S/C24H30N2O4/c1-2-23(29)25-18-9-7-17(8-10-18)21(28)16-26-13-11-24(12-14-26)15-20(27)19-5-3-4-6-22(19)30-24/h3-10,20-21,27-28H,2,11-16H2,1H3,(H,25,29)/t20-,21-/m0/s1. The lowest BCUT2D eigenvalue weighted by atomic mass is 9.81. The second-order valence-electron chi connectivity index (χ2n) is 8.38. The average Bonchev–Trinajstić information content (AvgIpc) is 2.76. The smallest absolute Gasteiger partial charge is 0.224 e. The summed E-state index contributed by atoms with van der Waals surface area (Å²) in [6.07, 6.45) is 1.63. The van der Waals surface area contributed by atoms with Gasteiger partial charge < -0.3 is 25.2 Å². The van der Waals surface area contributed by atoms with Gasteiger partial charge in [-0.25, -0.2) is 0 Å². The number of β-amino-alcohol motifs (C(OH)–C–C–N with tert-alkyl or cyclic N) is 1. The number of nitrogens with one attached hydrogen (secondary N) is 1. The number of aliphatic hydroxyl groups is 2. The maximum Gasteiger partial charge on any atom is 0.224 e. The molecule has 30 heavy (non-hydrogen) atoms. The zero-order valence-corrected chi connectivity index (χ0v) is 17.4. The van der Waals surface area contributed by atoms with E-state index in [1.165, 1.54) is 0 Å². The van der Waals surface area contributed by atoms with Gasteiger partial charge in [0, 0.05) is 43.7 Å². The van der Waals surface area contributed by atoms with Gasteiger partial charge in [0.05, 0.1) is 12.2 Å². The Morgan fingerprint density at radius 1 is 1.20 bits per heavy atom. The molecule has 1 amide bonds. The Bertz CT molecular complexity index is 875. The molecule has 2 aromatic rings. The third-order valence-electron chi connectivity index (χ3n) is 6.27. The summed E-state index contributed by atoms with van der Waals surface area (Å²) >= 11 is 0. The van der Waals surface area contributed by atoms with E-state index in [-0.39, 0.29) is 11.5 Å². The van der Waals surface area contributed by atoms with Crippen LogP contribution in [-0.2, 0) is 4.79 Å². The third kappa shape index (κ3) is 4.51. The second-order valence-corrected chi connectivity index (χ2v) is 8.38. The van der Waals surface area contributed by atoms with Crippen molar-refractivity contribution in [1.82, 2.24) is 4.90 Å². The molecule has 2 aromatic carbocycles. The lowest BCUT2D eigenvalue weighted by Crippen LogP contribution is -2.51. The number of hydrogen-bond donors (Lipinski definition) is 3. The molecule has 2 aliphatic rings. The van der Waals surface area contributed by atoms with E-state index in [4.69, 9.17) is 4.74 Å². The van der Waals surface area contributed by atoms with E-state index in [0.29, 0.717) is 19.4 Å². The van der Waals surface area contributed by atoms with E-state index < -0.39 is 12.2 Å². The van der Waals surface area contributed by atoms with E-state index in [9.17, 15) is 15.0 Å². The minimum atomic E-state index is -0.589. The molecule has 0 saturated carbocycles. The van der Waals surface area contributed by atoms with Crippen molar-refractivity contribution in [1.29, 1.82) is 0 Å². The van der Waals surface area contributed by atoms with Crippen molar-refractivity contribution in [3.05, 3.63) is 59.7 Å². The molecule has 1 fully saturated rings. The molecular weight excluding hydrogens is 380 g/mol. The van der Waals surface area contributed by atoms with Gasteiger partial charge in [0.2, 0.25) is 5.91 Å². The van der Waals surface area contributed by atoms with Gasteiger partial charge in [-0.15, -0.1) is 0 Å². The number of hydrogen-bond acceptors (Lipinski definition) is 5. The highest BCUT2D eigenvalue weighted by Crippen LogP contribution is 2.44. The molecule has 2 atom stereocenters. The molecule has 0 bridgehead atoms. The summed E-state index contributed by atoms with van der Waals surface area (Å²) in [5.74, 6) is 0.767. The molecule has 0 unspecified atom stereocenters. The van der Waals surface area contributed by atoms with Gasteiger partial charge in [0.1, 0.15) is 11.4 Å². The minimum Gasteiger partial charge on any atom is -0.487 e. The SMILES string of the molecule is CCC(=O)Nc1ccc([C@@H](O)CN2CCC3(CC2)C[C@H](O)c2ccccc2O3)cc1. The molecule has 3 N–H and O–H groups in total. The number of benzene rings is 2. The van der Waals surface area contributed by atoms with Crippen molar-refractivity contribution in [2.45, 2.75) is 50.4 Å². The number of ether oxygens (including phenoxy) is 1. The van der Waals surface area contributed by atoms with Crippen molar-refractivity contribution >= 4 is 11.6 Å². The van der Waals surface area contributed by atoms with Gasteiger partial charge in [-0.1, -0.05) is 37.3 Å². The number of rotatable bonds is 5. The first kappa shape index (κ1) is 20.8. The van der Waals surface area contributed by atoms with Crippen LogP contribution in [0.2, 0.25) is 0 Å². The summed E-state index contributed by atoms with van der Waals surface area (Å²) in [4.78, 5) is 13.7. The van der Waals surface area contributed by atoms with Crippen LogP contribution in [0.4, 0.5) is 5.69 Å². The predicted octanol–water partition coefficient (Wildman–Crippen LogP) is 3.42. The molecule has 1 saturated heterocycles. The lowest BCUT2D eigenvalue weighted by Gasteiger charge is -2.46. The molecule has 6 heteroatoms. The first-order valence-electron chi connectivity index (χ1n) is 10.7. The van der Waals surface area contributed by atoms with Crippen LogP contribution in [0.1, 0.15) is 55.9 Å². The van der Waals surface area contributed by atoms with Crippen molar-refractivity contribution < 1.29 is 19.7 Å². The van der Waals surface area contributed by atoms with Crippen LogP contribution in [-0.4, -0.2) is 46.3 Å². The maximum absolute atomic E-state index is 11.5. The molecule has 1 spiro atoms.